The largest absolute Gasteiger partial charge is 0.473 e. The number of nitrogens with one attached hydrogen (secondary N) is 1. The summed E-state index contributed by atoms with van der Waals surface area (Å²) in [6.07, 6.45) is 3.89. The number of nitrogens with zero attached hydrogens (tertiary/aromatic N) is 3. The fourth-order valence-electron chi connectivity index (χ4n) is 2.45. The Bertz CT molecular complexity index is 676. The number of pyridine rings is 1. The second-order valence-electron chi connectivity index (χ2n) is 5.39. The first-order chi connectivity index (χ1) is 11.1. The summed E-state index contributed by atoms with van der Waals surface area (Å²) in [5.74, 6) is -0.0399. The van der Waals surface area contributed by atoms with Crippen LogP contribution in [0.2, 0.25) is 0 Å². The lowest BCUT2D eigenvalue weighted by Gasteiger charge is -2.15. The summed E-state index contributed by atoms with van der Waals surface area (Å²) in [4.78, 5) is 22.5. The Morgan fingerprint density at radius 2 is 2.35 bits per heavy atom. The summed E-state index contributed by atoms with van der Waals surface area (Å²) in [5.41, 5.74) is 0. The number of hydrogen-bond acceptors (Lipinski definition) is 6. The van der Waals surface area contributed by atoms with Crippen LogP contribution in [0, 0.1) is 5.82 Å². The number of amides is 1. The molecule has 122 valence electrons. The maximum atomic E-state index is 12.8. The van der Waals surface area contributed by atoms with E-state index in [2.05, 4.69) is 20.2 Å². The number of ether oxygens (including phenoxy) is 1. The fourth-order valence-corrected chi connectivity index (χ4v) is 3.35. The van der Waals surface area contributed by atoms with Gasteiger partial charge in [-0.15, -0.1) is 11.3 Å². The first-order valence-corrected chi connectivity index (χ1v) is 8.13. The summed E-state index contributed by atoms with van der Waals surface area (Å²) < 4.78 is 18.6. The van der Waals surface area contributed by atoms with Crippen molar-refractivity contribution in [2.45, 2.75) is 26.0 Å². The average molecular weight is 336 g/mol. The lowest BCUT2D eigenvalue weighted by molar-refractivity contribution is -0.114. The molecule has 1 amide bonds. The molecule has 6 nitrogen and oxygen atoms in total. The summed E-state index contributed by atoms with van der Waals surface area (Å²) in [6, 6.07) is 2.89. The summed E-state index contributed by atoms with van der Waals surface area (Å²) in [6.45, 7) is 3.94. The molecule has 3 heterocycles. The van der Waals surface area contributed by atoms with Gasteiger partial charge in [0.1, 0.15) is 11.9 Å². The van der Waals surface area contributed by atoms with Crippen LogP contribution in [0.5, 0.6) is 5.88 Å². The maximum Gasteiger partial charge on any atom is 0.223 e. The zero-order chi connectivity index (χ0) is 16.2. The summed E-state index contributed by atoms with van der Waals surface area (Å²) in [5, 5.41) is 3.30. The topological polar surface area (TPSA) is 67.4 Å². The van der Waals surface area contributed by atoms with Crippen LogP contribution in [-0.4, -0.2) is 40.0 Å². The van der Waals surface area contributed by atoms with Crippen LogP contribution in [0.25, 0.3) is 0 Å². The molecule has 2 aromatic heterocycles. The molecule has 1 saturated heterocycles. The van der Waals surface area contributed by atoms with Crippen molar-refractivity contribution in [2.75, 3.05) is 18.4 Å². The number of thiazole rings is 1. The van der Waals surface area contributed by atoms with Crippen LogP contribution in [0.3, 0.4) is 0 Å². The molecule has 0 spiro atoms. The fraction of sp³-hybridized carbons (Fsp3) is 0.400. The van der Waals surface area contributed by atoms with Crippen molar-refractivity contribution in [3.8, 4) is 5.88 Å². The first kappa shape index (κ1) is 15.8. The molecule has 3 rings (SSSR count). The van der Waals surface area contributed by atoms with Crippen molar-refractivity contribution < 1.29 is 13.9 Å². The third-order valence-electron chi connectivity index (χ3n) is 3.43. The maximum absolute atomic E-state index is 12.8. The molecule has 1 fully saturated rings. The average Bonchev–Trinajstić information content (AvgIpc) is 3.11. The lowest BCUT2D eigenvalue weighted by atomic mass is 10.3. The van der Waals surface area contributed by atoms with Crippen molar-refractivity contribution in [2.24, 2.45) is 0 Å². The molecule has 1 atom stereocenters. The third-order valence-corrected chi connectivity index (χ3v) is 4.33. The third kappa shape index (κ3) is 4.46. The van der Waals surface area contributed by atoms with Gasteiger partial charge in [0.25, 0.3) is 0 Å². The van der Waals surface area contributed by atoms with Gasteiger partial charge in [-0.2, -0.15) is 0 Å². The van der Waals surface area contributed by atoms with Crippen LogP contribution in [-0.2, 0) is 11.3 Å². The van der Waals surface area contributed by atoms with Crippen molar-refractivity contribution in [1.29, 1.82) is 0 Å². The highest BCUT2D eigenvalue weighted by Crippen LogP contribution is 2.23. The zero-order valence-corrected chi connectivity index (χ0v) is 13.5. The monoisotopic (exact) mass is 336 g/mol. The molecule has 0 aliphatic carbocycles. The SMILES string of the molecule is CC(=O)Nc1ncc(CN2CC[C@@H](Oc3ccc(F)cn3)C2)s1. The van der Waals surface area contributed by atoms with Gasteiger partial charge in [0.05, 0.1) is 6.20 Å². The molecule has 0 aromatic carbocycles. The molecule has 0 bridgehead atoms. The standard InChI is InChI=1S/C15H17FN4O2S/c1-10(21)19-15-18-7-13(23-15)9-20-5-4-12(8-20)22-14-3-2-11(16)6-17-14/h2-3,6-7,12H,4-5,8-9H2,1H3,(H,18,19,21)/t12-/m1/s1. The smallest absolute Gasteiger partial charge is 0.223 e. The van der Waals surface area contributed by atoms with Gasteiger partial charge in [-0.1, -0.05) is 0 Å². The van der Waals surface area contributed by atoms with E-state index in [0.29, 0.717) is 11.0 Å². The number of carbonyl (C=O) groups is 1. The minimum Gasteiger partial charge on any atom is -0.473 e. The van der Waals surface area contributed by atoms with Gasteiger partial charge >= 0.3 is 0 Å². The Morgan fingerprint density at radius 1 is 1.48 bits per heavy atom. The van der Waals surface area contributed by atoms with Crippen molar-refractivity contribution >= 4 is 22.4 Å². The van der Waals surface area contributed by atoms with E-state index in [1.54, 1.807) is 12.3 Å². The van der Waals surface area contributed by atoms with E-state index in [4.69, 9.17) is 4.74 Å². The Kier molecular flexibility index (Phi) is 4.82. The van der Waals surface area contributed by atoms with E-state index in [0.717, 1.165) is 37.1 Å². The molecule has 1 aliphatic rings. The predicted octanol–water partition coefficient (Wildman–Crippen LogP) is 2.29. The molecular formula is C15H17FN4O2S. The highest BCUT2D eigenvalue weighted by Gasteiger charge is 2.24. The van der Waals surface area contributed by atoms with Crippen LogP contribution >= 0.6 is 11.3 Å². The minimum atomic E-state index is -0.370. The molecule has 0 radical (unpaired) electrons. The number of rotatable bonds is 5. The second-order valence-corrected chi connectivity index (χ2v) is 6.51. The second kappa shape index (κ2) is 7.01. The number of anilines is 1. The molecule has 0 saturated carbocycles. The molecule has 23 heavy (non-hydrogen) atoms. The Hall–Kier alpha value is -2.06. The van der Waals surface area contributed by atoms with E-state index in [9.17, 15) is 9.18 Å². The van der Waals surface area contributed by atoms with Gasteiger partial charge in [0.2, 0.25) is 11.8 Å². The molecule has 0 unspecified atom stereocenters. The van der Waals surface area contributed by atoms with E-state index in [1.807, 2.05) is 0 Å². The van der Waals surface area contributed by atoms with Crippen LogP contribution in [0.15, 0.2) is 24.5 Å². The van der Waals surface area contributed by atoms with Gasteiger partial charge in [-0.25, -0.2) is 14.4 Å². The van der Waals surface area contributed by atoms with Crippen molar-refractivity contribution in [3.63, 3.8) is 0 Å². The predicted molar refractivity (Wildman–Crippen MR) is 84.9 cm³/mol. The Labute approximate surface area is 137 Å². The van der Waals surface area contributed by atoms with Crippen LogP contribution < -0.4 is 10.1 Å². The first-order valence-electron chi connectivity index (χ1n) is 7.31. The molecule has 1 N–H and O–H groups in total. The van der Waals surface area contributed by atoms with Gasteiger partial charge in [0.15, 0.2) is 5.13 Å². The number of likely N-dealkylation sites (tertiary alicyclic amines) is 1. The van der Waals surface area contributed by atoms with Crippen LogP contribution in [0.4, 0.5) is 9.52 Å². The molecule has 2 aromatic rings. The molecule has 1 aliphatic heterocycles. The zero-order valence-electron chi connectivity index (χ0n) is 12.7. The van der Waals surface area contributed by atoms with E-state index < -0.39 is 0 Å². The van der Waals surface area contributed by atoms with E-state index in [-0.39, 0.29) is 17.8 Å². The summed E-state index contributed by atoms with van der Waals surface area (Å²) >= 11 is 1.48. The Morgan fingerprint density at radius 3 is 3.09 bits per heavy atom. The highest BCUT2D eigenvalue weighted by molar-refractivity contribution is 7.15. The van der Waals surface area contributed by atoms with Gasteiger partial charge in [0, 0.05) is 43.7 Å². The molecular weight excluding hydrogens is 319 g/mol. The quantitative estimate of drug-likeness (QED) is 0.907. The number of aromatic nitrogens is 2. The van der Waals surface area contributed by atoms with Crippen molar-refractivity contribution in [3.05, 3.63) is 35.2 Å². The number of halogens is 1. The number of carbonyl (C=O) groups excluding carboxylic acids is 1. The molecule has 8 heteroatoms. The van der Waals surface area contributed by atoms with E-state index >= 15 is 0 Å². The van der Waals surface area contributed by atoms with Crippen molar-refractivity contribution in [1.82, 2.24) is 14.9 Å². The van der Waals surface area contributed by atoms with Gasteiger partial charge in [-0.05, 0) is 12.5 Å². The van der Waals surface area contributed by atoms with Gasteiger partial charge < -0.3 is 10.1 Å². The van der Waals surface area contributed by atoms with Gasteiger partial charge in [-0.3, -0.25) is 9.69 Å². The minimum absolute atomic E-state index is 0.0516. The van der Waals surface area contributed by atoms with Crippen LogP contribution in [0.1, 0.15) is 18.2 Å². The lowest BCUT2D eigenvalue weighted by Crippen LogP contribution is -2.24. The summed E-state index contributed by atoms with van der Waals surface area (Å²) in [7, 11) is 0. The number of hydrogen-bond donors (Lipinski definition) is 1. The highest BCUT2D eigenvalue weighted by atomic mass is 32.1. The normalized spacial score (nSPS) is 18.1. The Balaban J connectivity index is 1.50. The van der Waals surface area contributed by atoms with E-state index in [1.165, 1.54) is 24.3 Å².